The number of thiazole rings is 1. The van der Waals surface area contributed by atoms with Gasteiger partial charge in [0, 0.05) is 18.1 Å². The Morgan fingerprint density at radius 2 is 2.25 bits per heavy atom. The lowest BCUT2D eigenvalue weighted by molar-refractivity contribution is -0.144. The molecule has 0 radical (unpaired) electrons. The van der Waals surface area contributed by atoms with Gasteiger partial charge in [-0.25, -0.2) is 0 Å². The van der Waals surface area contributed by atoms with Crippen LogP contribution in [0.4, 0.5) is 0 Å². The van der Waals surface area contributed by atoms with Gasteiger partial charge in [0.15, 0.2) is 0 Å². The summed E-state index contributed by atoms with van der Waals surface area (Å²) < 4.78 is 6.53. The van der Waals surface area contributed by atoms with Gasteiger partial charge in [0.2, 0.25) is 5.91 Å². The maximum absolute atomic E-state index is 12.2. The molecule has 1 aliphatic heterocycles. The summed E-state index contributed by atoms with van der Waals surface area (Å²) >= 11 is 1.04. The van der Waals surface area contributed by atoms with Gasteiger partial charge in [-0.1, -0.05) is 11.3 Å². The van der Waals surface area contributed by atoms with Crippen LogP contribution in [0.25, 0.3) is 0 Å². The Hall–Kier alpha value is -1.67. The van der Waals surface area contributed by atoms with Gasteiger partial charge in [-0.2, -0.15) is 0 Å². The predicted molar refractivity (Wildman–Crippen MR) is 71.8 cm³/mol. The number of nitrogens with zero attached hydrogens (tertiary/aromatic N) is 2. The topological polar surface area (TPSA) is 88.8 Å². The standard InChI is InChI=1S/C12H16N2O5S/c1-7-6-20-12(18)14(7)3-10(15)13(2)9-5-19-4-8(9)11(16)17/h6,8-9H,3-5H2,1-2H3,(H,16,17). The molecule has 2 atom stereocenters. The predicted octanol–water partition coefficient (Wildman–Crippen LogP) is -0.224. The highest BCUT2D eigenvalue weighted by Gasteiger charge is 2.38. The molecule has 7 nitrogen and oxygen atoms in total. The number of carbonyl (C=O) groups excluding carboxylic acids is 1. The fourth-order valence-electron chi connectivity index (χ4n) is 2.19. The average molecular weight is 300 g/mol. The molecular weight excluding hydrogens is 284 g/mol. The second-order valence-electron chi connectivity index (χ2n) is 4.78. The van der Waals surface area contributed by atoms with Crippen molar-refractivity contribution in [2.24, 2.45) is 5.92 Å². The van der Waals surface area contributed by atoms with Gasteiger partial charge in [0.05, 0.1) is 19.3 Å². The third kappa shape index (κ3) is 2.75. The van der Waals surface area contributed by atoms with Gasteiger partial charge in [0.25, 0.3) is 0 Å². The van der Waals surface area contributed by atoms with Crippen molar-refractivity contribution in [3.05, 3.63) is 20.7 Å². The zero-order chi connectivity index (χ0) is 14.9. The van der Waals surface area contributed by atoms with Crippen molar-refractivity contribution in [2.75, 3.05) is 20.3 Å². The second-order valence-corrected chi connectivity index (χ2v) is 5.60. The lowest BCUT2D eigenvalue weighted by Crippen LogP contribution is -2.45. The van der Waals surface area contributed by atoms with Crippen LogP contribution in [0.5, 0.6) is 0 Å². The number of likely N-dealkylation sites (N-methyl/N-ethyl adjacent to an activating group) is 1. The third-order valence-electron chi connectivity index (χ3n) is 3.53. The van der Waals surface area contributed by atoms with Crippen LogP contribution in [0.3, 0.4) is 0 Å². The molecule has 1 aliphatic rings. The van der Waals surface area contributed by atoms with Crippen LogP contribution in [0.2, 0.25) is 0 Å². The van der Waals surface area contributed by atoms with E-state index < -0.39 is 17.9 Å². The first-order valence-electron chi connectivity index (χ1n) is 6.13. The molecule has 0 bridgehead atoms. The number of ether oxygens (including phenoxy) is 1. The Labute approximate surface area is 119 Å². The minimum absolute atomic E-state index is 0.0759. The van der Waals surface area contributed by atoms with Crippen LogP contribution in [0.1, 0.15) is 5.69 Å². The number of carboxylic acids is 1. The van der Waals surface area contributed by atoms with Crippen LogP contribution in [0.15, 0.2) is 10.2 Å². The van der Waals surface area contributed by atoms with E-state index in [1.807, 2.05) is 0 Å². The van der Waals surface area contributed by atoms with E-state index in [0.29, 0.717) is 0 Å². The number of aromatic nitrogens is 1. The summed E-state index contributed by atoms with van der Waals surface area (Å²) in [7, 11) is 1.55. The van der Waals surface area contributed by atoms with Gasteiger partial charge in [0.1, 0.15) is 12.5 Å². The lowest BCUT2D eigenvalue weighted by atomic mass is 10.0. The zero-order valence-electron chi connectivity index (χ0n) is 11.2. The molecule has 20 heavy (non-hydrogen) atoms. The first-order chi connectivity index (χ1) is 9.41. The number of amides is 1. The normalized spacial score (nSPS) is 21.9. The number of carboxylic acid groups (broad SMARTS) is 1. The Morgan fingerprint density at radius 1 is 1.55 bits per heavy atom. The Balaban J connectivity index is 2.09. The zero-order valence-corrected chi connectivity index (χ0v) is 12.1. The van der Waals surface area contributed by atoms with Gasteiger partial charge in [-0.05, 0) is 6.92 Å². The maximum atomic E-state index is 12.2. The van der Waals surface area contributed by atoms with E-state index in [1.165, 1.54) is 9.47 Å². The molecule has 1 aromatic rings. The number of rotatable bonds is 4. The lowest BCUT2D eigenvalue weighted by Gasteiger charge is -2.26. The summed E-state index contributed by atoms with van der Waals surface area (Å²) in [6.07, 6.45) is 0. The highest BCUT2D eigenvalue weighted by molar-refractivity contribution is 7.07. The van der Waals surface area contributed by atoms with E-state index in [9.17, 15) is 14.4 Å². The highest BCUT2D eigenvalue weighted by atomic mass is 32.1. The summed E-state index contributed by atoms with van der Waals surface area (Å²) in [6, 6.07) is -0.491. The van der Waals surface area contributed by atoms with Crippen molar-refractivity contribution in [2.45, 2.75) is 19.5 Å². The van der Waals surface area contributed by atoms with E-state index in [1.54, 1.807) is 19.4 Å². The van der Waals surface area contributed by atoms with Crippen LogP contribution in [0, 0.1) is 12.8 Å². The van der Waals surface area contributed by atoms with Gasteiger partial charge in [-0.15, -0.1) is 0 Å². The summed E-state index contributed by atoms with van der Waals surface area (Å²) in [5, 5.41) is 10.8. The molecule has 1 saturated heterocycles. The maximum Gasteiger partial charge on any atom is 0.311 e. The summed E-state index contributed by atoms with van der Waals surface area (Å²) in [5.41, 5.74) is 0.721. The van der Waals surface area contributed by atoms with Gasteiger partial charge in [-0.3, -0.25) is 19.0 Å². The molecule has 1 aromatic heterocycles. The van der Waals surface area contributed by atoms with E-state index in [2.05, 4.69) is 0 Å². The van der Waals surface area contributed by atoms with Crippen LogP contribution >= 0.6 is 11.3 Å². The number of aryl methyl sites for hydroxylation is 1. The fraction of sp³-hybridized carbons (Fsp3) is 0.583. The molecule has 1 amide bonds. The Bertz CT molecular complexity index is 579. The SMILES string of the molecule is Cc1csc(=O)n1CC(=O)N(C)C1COCC1C(=O)O. The molecule has 0 saturated carbocycles. The molecule has 110 valence electrons. The first kappa shape index (κ1) is 14.7. The minimum atomic E-state index is -0.976. The largest absolute Gasteiger partial charge is 0.481 e. The molecule has 2 unspecified atom stereocenters. The second kappa shape index (κ2) is 5.76. The molecule has 0 aliphatic carbocycles. The Kier molecular flexibility index (Phi) is 4.24. The van der Waals surface area contributed by atoms with E-state index >= 15 is 0 Å². The van der Waals surface area contributed by atoms with Crippen LogP contribution < -0.4 is 4.87 Å². The third-order valence-corrected chi connectivity index (χ3v) is 4.41. The molecule has 1 fully saturated rings. The highest BCUT2D eigenvalue weighted by Crippen LogP contribution is 2.19. The minimum Gasteiger partial charge on any atom is -0.481 e. The van der Waals surface area contributed by atoms with Crippen LogP contribution in [-0.2, 0) is 20.9 Å². The van der Waals surface area contributed by atoms with Crippen molar-refractivity contribution in [1.82, 2.24) is 9.47 Å². The summed E-state index contributed by atoms with van der Waals surface area (Å²) in [4.78, 5) is 36.0. The van der Waals surface area contributed by atoms with Crippen molar-refractivity contribution in [3.63, 3.8) is 0 Å². The van der Waals surface area contributed by atoms with Crippen molar-refractivity contribution < 1.29 is 19.4 Å². The monoisotopic (exact) mass is 300 g/mol. The van der Waals surface area contributed by atoms with Crippen LogP contribution in [-0.4, -0.2) is 52.8 Å². The average Bonchev–Trinajstić information content (AvgIpc) is 2.99. The number of hydrogen-bond donors (Lipinski definition) is 1. The van der Waals surface area contributed by atoms with E-state index in [0.717, 1.165) is 17.0 Å². The summed E-state index contributed by atoms with van der Waals surface area (Å²) in [5.74, 6) is -1.99. The molecule has 1 N–H and O–H groups in total. The first-order valence-corrected chi connectivity index (χ1v) is 7.01. The number of hydrogen-bond acceptors (Lipinski definition) is 5. The van der Waals surface area contributed by atoms with Crippen molar-refractivity contribution in [3.8, 4) is 0 Å². The smallest absolute Gasteiger partial charge is 0.311 e. The molecular formula is C12H16N2O5S. The summed E-state index contributed by atoms with van der Waals surface area (Å²) in [6.45, 7) is 1.99. The Morgan fingerprint density at radius 3 is 2.80 bits per heavy atom. The molecule has 8 heteroatoms. The van der Waals surface area contributed by atoms with Crippen molar-refractivity contribution >= 4 is 23.2 Å². The van der Waals surface area contributed by atoms with Gasteiger partial charge < -0.3 is 14.7 Å². The quantitative estimate of drug-likeness (QED) is 0.830. The van der Waals surface area contributed by atoms with Crippen molar-refractivity contribution in [1.29, 1.82) is 0 Å². The van der Waals surface area contributed by atoms with E-state index in [-0.39, 0.29) is 30.5 Å². The molecule has 2 heterocycles. The number of carbonyl (C=O) groups is 2. The molecule has 2 rings (SSSR count). The van der Waals surface area contributed by atoms with Gasteiger partial charge >= 0.3 is 10.8 Å². The number of aliphatic carboxylic acids is 1. The molecule has 0 aromatic carbocycles. The fourth-order valence-corrected chi connectivity index (χ4v) is 2.92. The van der Waals surface area contributed by atoms with E-state index in [4.69, 9.17) is 9.84 Å². The molecule has 0 spiro atoms.